The molecular formula is C12H19N3O2. The Labute approximate surface area is 101 Å². The number of carbonyl (C=O) groups is 2. The van der Waals surface area contributed by atoms with E-state index in [1.54, 1.807) is 0 Å². The van der Waals surface area contributed by atoms with Gasteiger partial charge in [0.2, 0.25) is 0 Å². The molecule has 2 fully saturated rings. The second kappa shape index (κ2) is 5.29. The van der Waals surface area contributed by atoms with Crippen LogP contribution in [0.5, 0.6) is 0 Å². The molecule has 2 amide bonds. The van der Waals surface area contributed by atoms with Crippen LogP contribution in [0.1, 0.15) is 45.4 Å². The summed E-state index contributed by atoms with van der Waals surface area (Å²) in [6, 6.07) is 0.205. The monoisotopic (exact) mass is 237 g/mol. The summed E-state index contributed by atoms with van der Waals surface area (Å²) in [5, 5.41) is 6.66. The van der Waals surface area contributed by atoms with Crippen LogP contribution < -0.4 is 10.7 Å². The average Bonchev–Trinajstić information content (AvgIpc) is 3.02. The minimum Gasteiger partial charge on any atom is -0.345 e. The summed E-state index contributed by atoms with van der Waals surface area (Å²) in [6.07, 6.45) is 6.12. The molecule has 0 spiro atoms. The molecule has 5 nitrogen and oxygen atoms in total. The van der Waals surface area contributed by atoms with Gasteiger partial charge in [-0.25, -0.2) is 5.43 Å². The minimum atomic E-state index is -0.649. The molecule has 5 heteroatoms. The quantitative estimate of drug-likeness (QED) is 0.566. The first-order chi connectivity index (χ1) is 8.19. The number of carbonyl (C=O) groups excluding carboxylic acids is 2. The van der Waals surface area contributed by atoms with Crippen LogP contribution in [-0.4, -0.2) is 23.6 Å². The van der Waals surface area contributed by atoms with E-state index in [2.05, 4.69) is 22.8 Å². The molecule has 0 aromatic rings. The summed E-state index contributed by atoms with van der Waals surface area (Å²) in [6.45, 7) is 2.16. The average molecular weight is 237 g/mol. The van der Waals surface area contributed by atoms with E-state index in [4.69, 9.17) is 0 Å². The molecule has 2 aliphatic rings. The van der Waals surface area contributed by atoms with Gasteiger partial charge in [0.05, 0.1) is 0 Å². The molecule has 2 aliphatic carbocycles. The standard InChI is InChI=1S/C12H19N3O2/c1-2-8-3-4-10(7-8)14-15-12(17)11(16)13-9-5-6-9/h8-9H,2-7H2,1H3,(H,13,16)(H,15,17). The zero-order chi connectivity index (χ0) is 12.3. The van der Waals surface area contributed by atoms with Crippen molar-refractivity contribution in [2.75, 3.05) is 0 Å². The van der Waals surface area contributed by atoms with Gasteiger partial charge < -0.3 is 5.32 Å². The maximum absolute atomic E-state index is 11.4. The normalized spacial score (nSPS) is 25.9. The highest BCUT2D eigenvalue weighted by atomic mass is 16.2. The first kappa shape index (κ1) is 12.1. The highest BCUT2D eigenvalue weighted by Crippen LogP contribution is 2.25. The molecule has 0 aromatic heterocycles. The summed E-state index contributed by atoms with van der Waals surface area (Å²) < 4.78 is 0. The molecule has 94 valence electrons. The molecule has 1 unspecified atom stereocenters. The van der Waals surface area contributed by atoms with Crippen molar-refractivity contribution >= 4 is 17.5 Å². The summed E-state index contributed by atoms with van der Waals surface area (Å²) in [7, 11) is 0. The van der Waals surface area contributed by atoms with Gasteiger partial charge in [-0.3, -0.25) is 9.59 Å². The van der Waals surface area contributed by atoms with Crippen molar-refractivity contribution in [3.8, 4) is 0 Å². The summed E-state index contributed by atoms with van der Waals surface area (Å²) >= 11 is 0. The largest absolute Gasteiger partial charge is 0.345 e. The van der Waals surface area contributed by atoms with Gasteiger partial charge in [0.25, 0.3) is 0 Å². The van der Waals surface area contributed by atoms with E-state index >= 15 is 0 Å². The molecule has 0 bridgehead atoms. The molecule has 0 radical (unpaired) electrons. The number of nitrogens with zero attached hydrogens (tertiary/aromatic N) is 1. The highest BCUT2D eigenvalue weighted by molar-refractivity contribution is 6.35. The van der Waals surface area contributed by atoms with Gasteiger partial charge in [0.15, 0.2) is 0 Å². The lowest BCUT2D eigenvalue weighted by Gasteiger charge is -2.03. The third-order valence-corrected chi connectivity index (χ3v) is 3.38. The molecule has 17 heavy (non-hydrogen) atoms. The number of rotatable bonds is 3. The predicted molar refractivity (Wildman–Crippen MR) is 64.4 cm³/mol. The fraction of sp³-hybridized carbons (Fsp3) is 0.750. The molecule has 0 aromatic carbocycles. The van der Waals surface area contributed by atoms with Gasteiger partial charge in [-0.15, -0.1) is 0 Å². The van der Waals surface area contributed by atoms with Gasteiger partial charge in [0.1, 0.15) is 0 Å². The number of nitrogens with one attached hydrogen (secondary N) is 2. The lowest BCUT2D eigenvalue weighted by Crippen LogP contribution is -2.39. The zero-order valence-corrected chi connectivity index (χ0v) is 10.2. The fourth-order valence-electron chi connectivity index (χ4n) is 2.02. The predicted octanol–water partition coefficient (Wildman–Crippen LogP) is 0.947. The maximum atomic E-state index is 11.4. The van der Waals surface area contributed by atoms with E-state index in [-0.39, 0.29) is 6.04 Å². The Morgan fingerprint density at radius 1 is 1.29 bits per heavy atom. The van der Waals surface area contributed by atoms with Crippen LogP contribution >= 0.6 is 0 Å². The lowest BCUT2D eigenvalue weighted by atomic mass is 10.1. The van der Waals surface area contributed by atoms with E-state index in [0.717, 1.165) is 44.2 Å². The second-order valence-electron chi connectivity index (χ2n) is 4.88. The van der Waals surface area contributed by atoms with Crippen LogP contribution in [0.4, 0.5) is 0 Å². The molecular weight excluding hydrogens is 218 g/mol. The van der Waals surface area contributed by atoms with Crippen LogP contribution in [-0.2, 0) is 9.59 Å². The second-order valence-corrected chi connectivity index (χ2v) is 4.88. The first-order valence-corrected chi connectivity index (χ1v) is 6.35. The highest BCUT2D eigenvalue weighted by Gasteiger charge is 2.26. The van der Waals surface area contributed by atoms with Crippen molar-refractivity contribution in [1.82, 2.24) is 10.7 Å². The molecule has 2 saturated carbocycles. The first-order valence-electron chi connectivity index (χ1n) is 6.35. The lowest BCUT2D eigenvalue weighted by molar-refractivity contribution is -0.139. The van der Waals surface area contributed by atoms with Gasteiger partial charge in [-0.05, 0) is 38.0 Å². The third-order valence-electron chi connectivity index (χ3n) is 3.38. The van der Waals surface area contributed by atoms with Crippen LogP contribution in [0, 0.1) is 5.92 Å². The zero-order valence-electron chi connectivity index (χ0n) is 10.2. The van der Waals surface area contributed by atoms with Crippen LogP contribution in [0.3, 0.4) is 0 Å². The molecule has 0 aliphatic heterocycles. The van der Waals surface area contributed by atoms with Gasteiger partial charge in [0, 0.05) is 11.8 Å². The van der Waals surface area contributed by atoms with Crippen LogP contribution in [0.25, 0.3) is 0 Å². The summed E-state index contributed by atoms with van der Waals surface area (Å²) in [5.74, 6) is -0.530. The maximum Gasteiger partial charge on any atom is 0.329 e. The van der Waals surface area contributed by atoms with Crippen molar-refractivity contribution < 1.29 is 9.59 Å². The van der Waals surface area contributed by atoms with E-state index in [1.165, 1.54) is 0 Å². The topological polar surface area (TPSA) is 70.6 Å². The van der Waals surface area contributed by atoms with Crippen molar-refractivity contribution in [2.45, 2.75) is 51.5 Å². The fourth-order valence-corrected chi connectivity index (χ4v) is 2.02. The van der Waals surface area contributed by atoms with E-state index in [0.29, 0.717) is 5.92 Å². The van der Waals surface area contributed by atoms with E-state index < -0.39 is 11.8 Å². The van der Waals surface area contributed by atoms with Crippen LogP contribution in [0.15, 0.2) is 5.10 Å². The van der Waals surface area contributed by atoms with Crippen molar-refractivity contribution in [2.24, 2.45) is 11.0 Å². The Kier molecular flexibility index (Phi) is 3.76. The van der Waals surface area contributed by atoms with Crippen molar-refractivity contribution in [3.05, 3.63) is 0 Å². The Morgan fingerprint density at radius 2 is 2.06 bits per heavy atom. The minimum absolute atomic E-state index is 0.205. The third kappa shape index (κ3) is 3.54. The molecule has 2 rings (SSSR count). The van der Waals surface area contributed by atoms with Gasteiger partial charge in [-0.2, -0.15) is 5.10 Å². The summed E-state index contributed by atoms with van der Waals surface area (Å²) in [5.41, 5.74) is 3.34. The molecule has 0 heterocycles. The molecule has 1 atom stereocenters. The SMILES string of the molecule is CCC1CCC(=NNC(=O)C(=O)NC2CC2)C1. The molecule has 2 N–H and O–H groups in total. The Morgan fingerprint density at radius 3 is 2.65 bits per heavy atom. The van der Waals surface area contributed by atoms with Gasteiger partial charge >= 0.3 is 11.8 Å². The number of amides is 2. The van der Waals surface area contributed by atoms with Crippen molar-refractivity contribution in [1.29, 1.82) is 0 Å². The number of hydrazone groups is 1. The summed E-state index contributed by atoms with van der Waals surface area (Å²) in [4.78, 5) is 22.7. The van der Waals surface area contributed by atoms with Crippen LogP contribution in [0.2, 0.25) is 0 Å². The Hall–Kier alpha value is -1.39. The number of hydrogen-bond acceptors (Lipinski definition) is 3. The Balaban J connectivity index is 1.74. The van der Waals surface area contributed by atoms with Gasteiger partial charge in [-0.1, -0.05) is 13.3 Å². The smallest absolute Gasteiger partial charge is 0.329 e. The Bertz CT molecular complexity index is 348. The van der Waals surface area contributed by atoms with E-state index in [1.807, 2.05) is 0 Å². The number of hydrogen-bond donors (Lipinski definition) is 2. The van der Waals surface area contributed by atoms with E-state index in [9.17, 15) is 9.59 Å². The van der Waals surface area contributed by atoms with Crippen molar-refractivity contribution in [3.63, 3.8) is 0 Å². The molecule has 0 saturated heterocycles.